The monoisotopic (exact) mass is 223 g/mol. The number of aryl methyl sites for hydroxylation is 1. The summed E-state index contributed by atoms with van der Waals surface area (Å²) in [6, 6.07) is 0.260. The molecule has 88 valence electrons. The van der Waals surface area contributed by atoms with Gasteiger partial charge in [0.2, 0.25) is 0 Å². The molecule has 2 N–H and O–H groups in total. The molecule has 0 amide bonds. The van der Waals surface area contributed by atoms with E-state index < -0.39 is 5.97 Å². The van der Waals surface area contributed by atoms with Crippen LogP contribution in [0.25, 0.3) is 0 Å². The Balaban J connectivity index is 1.96. The summed E-state index contributed by atoms with van der Waals surface area (Å²) in [7, 11) is 0. The van der Waals surface area contributed by atoms with Crippen LogP contribution < -0.4 is 5.32 Å². The van der Waals surface area contributed by atoms with Crippen molar-refractivity contribution in [2.24, 2.45) is 5.92 Å². The number of hydrogen-bond acceptors (Lipinski definition) is 3. The topological polar surface area (TPSA) is 67.2 Å². The molecule has 16 heavy (non-hydrogen) atoms. The van der Waals surface area contributed by atoms with Crippen LogP contribution in [0.1, 0.15) is 31.4 Å². The van der Waals surface area contributed by atoms with Crippen LogP contribution in [0.2, 0.25) is 0 Å². The normalized spacial score (nSPS) is 25.6. The molecule has 1 saturated heterocycles. The molecule has 0 bridgehead atoms. The number of hydrogen-bond donors (Lipinski definition) is 2. The molecule has 2 atom stereocenters. The minimum atomic E-state index is -0.699. The summed E-state index contributed by atoms with van der Waals surface area (Å²) in [5, 5.41) is 16.4. The third kappa shape index (κ3) is 2.24. The van der Waals surface area contributed by atoms with E-state index in [0.29, 0.717) is 6.54 Å². The number of nitrogens with one attached hydrogen (secondary N) is 1. The summed E-state index contributed by atoms with van der Waals surface area (Å²) in [6.07, 6.45) is 5.50. The largest absolute Gasteiger partial charge is 0.481 e. The molecule has 0 spiro atoms. The van der Waals surface area contributed by atoms with E-state index in [2.05, 4.69) is 10.4 Å². The first-order valence-corrected chi connectivity index (χ1v) is 5.69. The fourth-order valence-corrected chi connectivity index (χ4v) is 2.08. The highest BCUT2D eigenvalue weighted by Gasteiger charge is 2.26. The minimum absolute atomic E-state index is 0.238. The lowest BCUT2D eigenvalue weighted by Crippen LogP contribution is -2.36. The fraction of sp³-hybridized carbons (Fsp3) is 0.636. The molecule has 5 nitrogen and oxygen atoms in total. The van der Waals surface area contributed by atoms with Crippen molar-refractivity contribution in [3.05, 3.63) is 18.0 Å². The van der Waals surface area contributed by atoms with Gasteiger partial charge in [-0.25, -0.2) is 0 Å². The van der Waals surface area contributed by atoms with E-state index in [0.717, 1.165) is 24.9 Å². The minimum Gasteiger partial charge on any atom is -0.481 e. The Labute approximate surface area is 94.5 Å². The maximum absolute atomic E-state index is 10.8. The molecule has 1 aromatic heterocycles. The van der Waals surface area contributed by atoms with Crippen molar-refractivity contribution in [1.82, 2.24) is 15.1 Å². The molecular weight excluding hydrogens is 206 g/mol. The van der Waals surface area contributed by atoms with E-state index in [1.165, 1.54) is 0 Å². The lowest BCUT2D eigenvalue weighted by atomic mass is 9.92. The lowest BCUT2D eigenvalue weighted by Gasteiger charge is -2.26. The molecule has 2 rings (SSSR count). The van der Waals surface area contributed by atoms with Gasteiger partial charge in [0.05, 0.1) is 12.1 Å². The second-order valence-electron chi connectivity index (χ2n) is 4.20. The van der Waals surface area contributed by atoms with Gasteiger partial charge in [0.25, 0.3) is 0 Å². The van der Waals surface area contributed by atoms with Crippen molar-refractivity contribution in [3.8, 4) is 0 Å². The first-order chi connectivity index (χ1) is 7.70. The molecule has 5 heteroatoms. The summed E-state index contributed by atoms with van der Waals surface area (Å²) in [5.41, 5.74) is 1.16. The van der Waals surface area contributed by atoms with Crippen LogP contribution in [0, 0.1) is 5.92 Å². The standard InChI is InChI=1S/C11H17N3O2/c1-2-14-7-9(6-13-14)10-4-3-8(5-12-10)11(15)16/h6-8,10,12H,2-5H2,1H3,(H,15,16). The zero-order chi connectivity index (χ0) is 11.5. The fourth-order valence-electron chi connectivity index (χ4n) is 2.08. The van der Waals surface area contributed by atoms with Crippen molar-refractivity contribution < 1.29 is 9.90 Å². The van der Waals surface area contributed by atoms with Crippen molar-refractivity contribution in [1.29, 1.82) is 0 Å². The van der Waals surface area contributed by atoms with Gasteiger partial charge in [-0.05, 0) is 19.8 Å². The van der Waals surface area contributed by atoms with E-state index >= 15 is 0 Å². The smallest absolute Gasteiger partial charge is 0.307 e. The van der Waals surface area contributed by atoms with Gasteiger partial charge in [0.15, 0.2) is 0 Å². The van der Waals surface area contributed by atoms with Crippen molar-refractivity contribution in [3.63, 3.8) is 0 Å². The predicted molar refractivity (Wildman–Crippen MR) is 59.0 cm³/mol. The SMILES string of the molecule is CCn1cc(C2CCC(C(=O)O)CN2)cn1. The van der Waals surface area contributed by atoms with Crippen molar-refractivity contribution >= 4 is 5.97 Å². The highest BCUT2D eigenvalue weighted by atomic mass is 16.4. The maximum Gasteiger partial charge on any atom is 0.307 e. The van der Waals surface area contributed by atoms with Gasteiger partial charge >= 0.3 is 5.97 Å². The highest BCUT2D eigenvalue weighted by Crippen LogP contribution is 2.25. The Morgan fingerprint density at radius 1 is 1.69 bits per heavy atom. The van der Waals surface area contributed by atoms with Gasteiger partial charge in [-0.15, -0.1) is 0 Å². The Kier molecular flexibility index (Phi) is 3.24. The van der Waals surface area contributed by atoms with Crippen LogP contribution in [0.3, 0.4) is 0 Å². The van der Waals surface area contributed by atoms with E-state index in [1.54, 1.807) is 0 Å². The molecule has 0 aliphatic carbocycles. The summed E-state index contributed by atoms with van der Waals surface area (Å²) in [6.45, 7) is 3.47. The molecule has 1 aliphatic heterocycles. The Bertz CT molecular complexity index is 367. The van der Waals surface area contributed by atoms with Gasteiger partial charge < -0.3 is 10.4 Å². The molecule has 0 saturated carbocycles. The third-order valence-corrected chi connectivity index (χ3v) is 3.14. The van der Waals surface area contributed by atoms with Crippen LogP contribution >= 0.6 is 0 Å². The number of aliphatic carboxylic acids is 1. The van der Waals surface area contributed by atoms with Gasteiger partial charge in [-0.2, -0.15) is 5.10 Å². The number of piperidine rings is 1. The van der Waals surface area contributed by atoms with Crippen LogP contribution in [-0.4, -0.2) is 27.4 Å². The zero-order valence-corrected chi connectivity index (χ0v) is 9.39. The quantitative estimate of drug-likeness (QED) is 0.803. The Morgan fingerprint density at radius 2 is 2.50 bits per heavy atom. The summed E-state index contributed by atoms with van der Waals surface area (Å²) >= 11 is 0. The Hall–Kier alpha value is -1.36. The van der Waals surface area contributed by atoms with E-state index in [-0.39, 0.29) is 12.0 Å². The zero-order valence-electron chi connectivity index (χ0n) is 9.39. The van der Waals surface area contributed by atoms with E-state index in [1.807, 2.05) is 24.0 Å². The molecule has 2 unspecified atom stereocenters. The Morgan fingerprint density at radius 3 is 3.00 bits per heavy atom. The summed E-state index contributed by atoms with van der Waals surface area (Å²) < 4.78 is 1.89. The van der Waals surface area contributed by atoms with E-state index in [9.17, 15) is 4.79 Å². The first kappa shape index (κ1) is 11.1. The number of rotatable bonds is 3. The number of carboxylic acid groups (broad SMARTS) is 1. The molecule has 0 radical (unpaired) electrons. The molecule has 1 fully saturated rings. The summed E-state index contributed by atoms with van der Waals surface area (Å²) in [4.78, 5) is 10.8. The number of carbonyl (C=O) groups is 1. The third-order valence-electron chi connectivity index (χ3n) is 3.14. The predicted octanol–water partition coefficient (Wildman–Crippen LogP) is 1.03. The lowest BCUT2D eigenvalue weighted by molar-refractivity contribution is -0.142. The second-order valence-corrected chi connectivity index (χ2v) is 4.20. The second kappa shape index (κ2) is 4.65. The van der Waals surface area contributed by atoms with Crippen LogP contribution in [-0.2, 0) is 11.3 Å². The number of nitrogens with zero attached hydrogens (tertiary/aromatic N) is 2. The number of carboxylic acids is 1. The van der Waals surface area contributed by atoms with Gasteiger partial charge in [0, 0.05) is 30.9 Å². The highest BCUT2D eigenvalue weighted by molar-refractivity contribution is 5.70. The molecule has 1 aliphatic rings. The molecule has 1 aromatic rings. The van der Waals surface area contributed by atoms with E-state index in [4.69, 9.17) is 5.11 Å². The van der Waals surface area contributed by atoms with Gasteiger partial charge in [-0.3, -0.25) is 9.48 Å². The number of aromatic nitrogens is 2. The van der Waals surface area contributed by atoms with Gasteiger partial charge in [-0.1, -0.05) is 0 Å². The van der Waals surface area contributed by atoms with Crippen molar-refractivity contribution in [2.75, 3.05) is 6.54 Å². The maximum atomic E-state index is 10.8. The average molecular weight is 223 g/mol. The molecule has 0 aromatic carbocycles. The summed E-state index contributed by atoms with van der Waals surface area (Å²) in [5.74, 6) is -0.937. The first-order valence-electron chi connectivity index (χ1n) is 5.69. The van der Waals surface area contributed by atoms with Gasteiger partial charge in [0.1, 0.15) is 0 Å². The average Bonchev–Trinajstić information content (AvgIpc) is 2.77. The van der Waals surface area contributed by atoms with Crippen molar-refractivity contribution in [2.45, 2.75) is 32.4 Å². The molecular formula is C11H17N3O2. The van der Waals surface area contributed by atoms with Crippen LogP contribution in [0.15, 0.2) is 12.4 Å². The van der Waals surface area contributed by atoms with Crippen LogP contribution in [0.5, 0.6) is 0 Å². The molecule has 2 heterocycles. The van der Waals surface area contributed by atoms with Crippen LogP contribution in [0.4, 0.5) is 0 Å².